The number of hydrogen-bond acceptors (Lipinski definition) is 5. The van der Waals surface area contributed by atoms with Gasteiger partial charge in [0.15, 0.2) is 0 Å². The average Bonchev–Trinajstić information content (AvgIpc) is 2.79. The van der Waals surface area contributed by atoms with Crippen molar-refractivity contribution in [3.05, 3.63) is 42.6 Å². The summed E-state index contributed by atoms with van der Waals surface area (Å²) in [7, 11) is 0. The molecular formula is C25H34N4O2. The van der Waals surface area contributed by atoms with E-state index in [1.807, 2.05) is 12.1 Å². The SMILES string of the molecule is CC1(C)CC[C@@H](C(=O)Nc2cc(-c3cccc(NCC4CCOCC4)c3)ccn2)CN1. The molecule has 6 nitrogen and oxygen atoms in total. The molecule has 3 N–H and O–H groups in total. The lowest BCUT2D eigenvalue weighted by Gasteiger charge is -2.35. The predicted octanol–water partition coefficient (Wildman–Crippen LogP) is 4.30. The molecule has 3 heterocycles. The van der Waals surface area contributed by atoms with Crippen LogP contribution in [0.4, 0.5) is 11.5 Å². The second-order valence-corrected chi connectivity index (χ2v) is 9.44. The average molecular weight is 423 g/mol. The van der Waals surface area contributed by atoms with Gasteiger partial charge in [0.05, 0.1) is 5.92 Å². The lowest BCUT2D eigenvalue weighted by molar-refractivity contribution is -0.120. The van der Waals surface area contributed by atoms with Crippen LogP contribution in [0.15, 0.2) is 42.6 Å². The number of pyridine rings is 1. The summed E-state index contributed by atoms with van der Waals surface area (Å²) in [6.45, 7) is 7.77. The van der Waals surface area contributed by atoms with Crippen molar-refractivity contribution in [1.29, 1.82) is 0 Å². The van der Waals surface area contributed by atoms with Gasteiger partial charge in [-0.3, -0.25) is 4.79 Å². The van der Waals surface area contributed by atoms with Crippen LogP contribution in [0.3, 0.4) is 0 Å². The van der Waals surface area contributed by atoms with E-state index in [0.29, 0.717) is 18.3 Å². The van der Waals surface area contributed by atoms with Crippen LogP contribution in [-0.2, 0) is 9.53 Å². The Hall–Kier alpha value is -2.44. The highest BCUT2D eigenvalue weighted by molar-refractivity contribution is 5.92. The first-order valence-corrected chi connectivity index (χ1v) is 11.4. The zero-order valence-electron chi connectivity index (χ0n) is 18.6. The Morgan fingerprint density at radius 3 is 2.74 bits per heavy atom. The van der Waals surface area contributed by atoms with Gasteiger partial charge >= 0.3 is 0 Å². The van der Waals surface area contributed by atoms with E-state index in [9.17, 15) is 4.79 Å². The van der Waals surface area contributed by atoms with E-state index in [4.69, 9.17) is 4.74 Å². The molecular weight excluding hydrogens is 388 g/mol. The van der Waals surface area contributed by atoms with Gasteiger partial charge in [0, 0.05) is 43.7 Å². The first-order valence-electron chi connectivity index (χ1n) is 11.4. The number of benzene rings is 1. The number of nitrogens with one attached hydrogen (secondary N) is 3. The van der Waals surface area contributed by atoms with Crippen molar-refractivity contribution in [3.63, 3.8) is 0 Å². The molecule has 2 fully saturated rings. The Morgan fingerprint density at radius 1 is 1.16 bits per heavy atom. The van der Waals surface area contributed by atoms with Gasteiger partial charge in [0.1, 0.15) is 5.82 Å². The lowest BCUT2D eigenvalue weighted by Crippen LogP contribution is -2.49. The number of amides is 1. The lowest BCUT2D eigenvalue weighted by atomic mass is 9.86. The maximum atomic E-state index is 12.7. The molecule has 166 valence electrons. The Labute approximate surface area is 185 Å². The molecule has 0 bridgehead atoms. The number of carbonyl (C=O) groups is 1. The number of nitrogens with zero attached hydrogens (tertiary/aromatic N) is 1. The van der Waals surface area contributed by atoms with E-state index in [2.05, 4.69) is 59.0 Å². The topological polar surface area (TPSA) is 75.3 Å². The van der Waals surface area contributed by atoms with Gasteiger partial charge in [0.25, 0.3) is 0 Å². The molecule has 0 aliphatic carbocycles. The number of hydrogen-bond donors (Lipinski definition) is 3. The highest BCUT2D eigenvalue weighted by Gasteiger charge is 2.30. The normalized spacial score (nSPS) is 21.4. The summed E-state index contributed by atoms with van der Waals surface area (Å²) < 4.78 is 5.45. The Balaban J connectivity index is 1.38. The Kier molecular flexibility index (Phi) is 6.88. The zero-order chi connectivity index (χ0) is 21.7. The standard InChI is InChI=1S/C25H34N4O2/c1-25(2)10-6-21(17-28-25)24(30)29-23-15-20(7-11-26-23)19-4-3-5-22(14-19)27-16-18-8-12-31-13-9-18/h3-5,7,11,14-15,18,21,27-28H,6,8-10,12-13,16-17H2,1-2H3,(H,26,29,30)/t21-/m1/s1. The second kappa shape index (κ2) is 9.79. The number of anilines is 2. The Bertz CT molecular complexity index is 883. The van der Waals surface area contributed by atoms with Gasteiger partial charge in [-0.15, -0.1) is 0 Å². The summed E-state index contributed by atoms with van der Waals surface area (Å²) in [4.78, 5) is 17.1. The van der Waals surface area contributed by atoms with E-state index < -0.39 is 0 Å². The predicted molar refractivity (Wildman–Crippen MR) is 125 cm³/mol. The van der Waals surface area contributed by atoms with E-state index in [-0.39, 0.29) is 17.4 Å². The first-order chi connectivity index (χ1) is 15.0. The van der Waals surface area contributed by atoms with Gasteiger partial charge in [-0.25, -0.2) is 4.98 Å². The van der Waals surface area contributed by atoms with Crippen molar-refractivity contribution in [2.45, 2.75) is 45.1 Å². The van der Waals surface area contributed by atoms with Gasteiger partial charge in [-0.2, -0.15) is 0 Å². The van der Waals surface area contributed by atoms with Gasteiger partial charge in [-0.1, -0.05) is 12.1 Å². The Morgan fingerprint density at radius 2 is 1.97 bits per heavy atom. The van der Waals surface area contributed by atoms with Gasteiger partial charge < -0.3 is 20.7 Å². The number of carbonyl (C=O) groups excluding carboxylic acids is 1. The van der Waals surface area contributed by atoms with Crippen LogP contribution in [0, 0.1) is 11.8 Å². The van der Waals surface area contributed by atoms with Crippen molar-refractivity contribution in [3.8, 4) is 11.1 Å². The molecule has 2 aromatic rings. The number of aromatic nitrogens is 1. The number of piperidine rings is 1. The highest BCUT2D eigenvalue weighted by Crippen LogP contribution is 2.26. The van der Waals surface area contributed by atoms with Crippen LogP contribution < -0.4 is 16.0 Å². The minimum absolute atomic E-state index is 0.0174. The summed E-state index contributed by atoms with van der Waals surface area (Å²) in [5, 5.41) is 10.0. The van der Waals surface area contributed by atoms with E-state index in [0.717, 1.165) is 62.3 Å². The molecule has 31 heavy (non-hydrogen) atoms. The monoisotopic (exact) mass is 422 g/mol. The molecule has 2 saturated heterocycles. The van der Waals surface area contributed by atoms with E-state index >= 15 is 0 Å². The number of ether oxygens (including phenoxy) is 1. The van der Waals surface area contributed by atoms with Crippen molar-refractivity contribution in [1.82, 2.24) is 10.3 Å². The van der Waals surface area contributed by atoms with Crippen LogP contribution in [0.1, 0.15) is 39.5 Å². The fourth-order valence-electron chi connectivity index (χ4n) is 4.28. The molecule has 0 unspecified atom stereocenters. The molecule has 1 aromatic carbocycles. The molecule has 0 radical (unpaired) electrons. The smallest absolute Gasteiger partial charge is 0.229 e. The fraction of sp³-hybridized carbons (Fsp3) is 0.520. The van der Waals surface area contributed by atoms with Crippen LogP contribution in [0.2, 0.25) is 0 Å². The summed E-state index contributed by atoms with van der Waals surface area (Å²) in [6.07, 6.45) is 5.89. The third kappa shape index (κ3) is 6.05. The summed E-state index contributed by atoms with van der Waals surface area (Å²) in [5.74, 6) is 1.30. The van der Waals surface area contributed by atoms with Crippen molar-refractivity contribution >= 4 is 17.4 Å². The second-order valence-electron chi connectivity index (χ2n) is 9.44. The van der Waals surface area contributed by atoms with Crippen LogP contribution in [0.5, 0.6) is 0 Å². The van der Waals surface area contributed by atoms with Crippen LogP contribution in [0.25, 0.3) is 11.1 Å². The molecule has 1 atom stereocenters. The van der Waals surface area contributed by atoms with Gasteiger partial charge in [-0.05, 0) is 80.8 Å². The van der Waals surface area contributed by atoms with Crippen molar-refractivity contribution < 1.29 is 9.53 Å². The minimum Gasteiger partial charge on any atom is -0.385 e. The molecule has 2 aliphatic heterocycles. The molecule has 4 rings (SSSR count). The highest BCUT2D eigenvalue weighted by atomic mass is 16.5. The maximum absolute atomic E-state index is 12.7. The molecule has 1 aromatic heterocycles. The van der Waals surface area contributed by atoms with Gasteiger partial charge in [0.2, 0.25) is 5.91 Å². The molecule has 0 spiro atoms. The third-order valence-electron chi connectivity index (χ3n) is 6.46. The van der Waals surface area contributed by atoms with Crippen molar-refractivity contribution in [2.24, 2.45) is 11.8 Å². The van der Waals surface area contributed by atoms with Crippen LogP contribution in [-0.4, -0.2) is 42.7 Å². The largest absolute Gasteiger partial charge is 0.385 e. The van der Waals surface area contributed by atoms with Crippen molar-refractivity contribution in [2.75, 3.05) is 36.9 Å². The molecule has 0 saturated carbocycles. The third-order valence-corrected chi connectivity index (χ3v) is 6.46. The van der Waals surface area contributed by atoms with E-state index in [1.54, 1.807) is 6.20 Å². The summed E-state index contributed by atoms with van der Waals surface area (Å²) >= 11 is 0. The first kappa shape index (κ1) is 21.8. The van der Waals surface area contributed by atoms with E-state index in [1.165, 1.54) is 0 Å². The maximum Gasteiger partial charge on any atom is 0.229 e. The quantitative estimate of drug-likeness (QED) is 0.647. The minimum atomic E-state index is -0.0174. The van der Waals surface area contributed by atoms with Crippen LogP contribution >= 0.6 is 0 Å². The number of rotatable bonds is 6. The summed E-state index contributed by atoms with van der Waals surface area (Å²) in [5.41, 5.74) is 3.37. The zero-order valence-corrected chi connectivity index (χ0v) is 18.6. The fourth-order valence-corrected chi connectivity index (χ4v) is 4.28. The molecule has 1 amide bonds. The molecule has 2 aliphatic rings. The summed E-state index contributed by atoms with van der Waals surface area (Å²) in [6, 6.07) is 12.4. The molecule has 6 heteroatoms.